The molecule has 2 aromatic heterocycles. The Kier molecular flexibility index (Phi) is 5.02. The molecule has 2 N–H and O–H groups in total. The van der Waals surface area contributed by atoms with E-state index in [1.807, 2.05) is 32.8 Å². The molecule has 22 heavy (non-hydrogen) atoms. The summed E-state index contributed by atoms with van der Waals surface area (Å²) in [5.74, 6) is -1.48. The summed E-state index contributed by atoms with van der Waals surface area (Å²) in [6.45, 7) is 3.72. The van der Waals surface area contributed by atoms with Crippen molar-refractivity contribution in [2.24, 2.45) is 5.92 Å². The van der Waals surface area contributed by atoms with Gasteiger partial charge in [0.15, 0.2) is 5.13 Å². The average molecular weight is 341 g/mol. The summed E-state index contributed by atoms with van der Waals surface area (Å²) in [6, 6.07) is 0.901. The van der Waals surface area contributed by atoms with Crippen LogP contribution in [0.15, 0.2) is 6.07 Å². The minimum Gasteiger partial charge on any atom is -0.480 e. The number of carbonyl (C=O) groups excluding carboxylic acids is 1. The second-order valence-corrected chi connectivity index (χ2v) is 7.39. The summed E-state index contributed by atoms with van der Waals surface area (Å²) in [5.41, 5.74) is 0. The van der Waals surface area contributed by atoms with Gasteiger partial charge < -0.3 is 15.3 Å². The van der Waals surface area contributed by atoms with Crippen LogP contribution in [0.5, 0.6) is 0 Å². The van der Waals surface area contributed by atoms with E-state index in [0.717, 1.165) is 14.7 Å². The largest absolute Gasteiger partial charge is 0.480 e. The second-order valence-electron chi connectivity index (χ2n) is 5.35. The van der Waals surface area contributed by atoms with E-state index < -0.39 is 12.0 Å². The lowest BCUT2D eigenvalue weighted by atomic mass is 9.99. The zero-order valence-electron chi connectivity index (χ0n) is 12.9. The number of rotatable bonds is 6. The predicted octanol–water partition coefficient (Wildman–Crippen LogP) is 2.65. The number of hydrogen-bond donors (Lipinski definition) is 2. The summed E-state index contributed by atoms with van der Waals surface area (Å²) in [6.07, 6.45) is 0.685. The molecule has 0 saturated heterocycles. The van der Waals surface area contributed by atoms with E-state index in [0.29, 0.717) is 11.3 Å². The van der Waals surface area contributed by atoms with E-state index in [4.69, 9.17) is 0 Å². The predicted molar refractivity (Wildman–Crippen MR) is 90.2 cm³/mol. The highest BCUT2D eigenvalue weighted by Gasteiger charge is 2.26. The molecule has 120 valence electrons. The van der Waals surface area contributed by atoms with E-state index in [1.54, 1.807) is 6.07 Å². The van der Waals surface area contributed by atoms with Crippen molar-refractivity contribution in [2.45, 2.75) is 26.3 Å². The van der Waals surface area contributed by atoms with Gasteiger partial charge in [-0.15, -0.1) is 11.3 Å². The number of thiophene rings is 1. The van der Waals surface area contributed by atoms with Crippen molar-refractivity contribution in [3.63, 3.8) is 0 Å². The fourth-order valence-electron chi connectivity index (χ4n) is 1.92. The van der Waals surface area contributed by atoms with Crippen molar-refractivity contribution in [3.05, 3.63) is 10.9 Å². The number of thiazole rings is 1. The number of hydrogen-bond acceptors (Lipinski definition) is 6. The summed E-state index contributed by atoms with van der Waals surface area (Å²) < 4.78 is 0.939. The normalized spacial score (nSPS) is 13.8. The number of amides is 1. The number of carbonyl (C=O) groups is 2. The third kappa shape index (κ3) is 3.38. The van der Waals surface area contributed by atoms with Crippen molar-refractivity contribution in [2.75, 3.05) is 19.0 Å². The van der Waals surface area contributed by atoms with E-state index in [1.165, 1.54) is 22.7 Å². The minimum atomic E-state index is -1.01. The molecule has 0 aliphatic rings. The molecule has 0 radical (unpaired) electrons. The molecule has 0 aromatic carbocycles. The SMILES string of the molecule is CC[C@H](C)[C@H](NC(=O)c1cc2sc(N(C)C)nc2s1)C(=O)O. The molecule has 8 heteroatoms. The molecule has 2 rings (SSSR count). The lowest BCUT2D eigenvalue weighted by Gasteiger charge is -2.19. The van der Waals surface area contributed by atoms with Crippen molar-refractivity contribution >= 4 is 49.2 Å². The molecule has 0 saturated carbocycles. The van der Waals surface area contributed by atoms with Crippen LogP contribution in [0.2, 0.25) is 0 Å². The van der Waals surface area contributed by atoms with Crippen LogP contribution in [-0.2, 0) is 4.79 Å². The highest BCUT2D eigenvalue weighted by Crippen LogP contribution is 2.33. The van der Waals surface area contributed by atoms with Gasteiger partial charge in [0.25, 0.3) is 5.91 Å². The first kappa shape index (κ1) is 16.7. The van der Waals surface area contributed by atoms with E-state index in [2.05, 4.69) is 10.3 Å². The molecule has 6 nitrogen and oxygen atoms in total. The molecule has 1 amide bonds. The zero-order chi connectivity index (χ0) is 16.4. The molecule has 0 aliphatic carbocycles. The van der Waals surface area contributed by atoms with Crippen molar-refractivity contribution in [3.8, 4) is 0 Å². The quantitative estimate of drug-likeness (QED) is 0.844. The first-order valence-corrected chi connectivity index (χ1v) is 8.58. The topological polar surface area (TPSA) is 82.5 Å². The van der Waals surface area contributed by atoms with Crippen LogP contribution < -0.4 is 10.2 Å². The van der Waals surface area contributed by atoms with Gasteiger partial charge in [-0.1, -0.05) is 31.6 Å². The number of carboxylic acids is 1. The van der Waals surface area contributed by atoms with E-state index >= 15 is 0 Å². The maximum absolute atomic E-state index is 12.3. The zero-order valence-corrected chi connectivity index (χ0v) is 14.5. The van der Waals surface area contributed by atoms with Crippen LogP contribution in [0.4, 0.5) is 5.13 Å². The minimum absolute atomic E-state index is 0.124. The van der Waals surface area contributed by atoms with Gasteiger partial charge in [0.2, 0.25) is 0 Å². The van der Waals surface area contributed by atoms with E-state index in [-0.39, 0.29) is 11.8 Å². The summed E-state index contributed by atoms with van der Waals surface area (Å²) in [4.78, 5) is 31.2. The third-order valence-electron chi connectivity index (χ3n) is 3.45. The number of aliphatic carboxylic acids is 1. The summed E-state index contributed by atoms with van der Waals surface area (Å²) in [5, 5.41) is 12.7. The van der Waals surface area contributed by atoms with Gasteiger partial charge in [0.05, 0.1) is 9.58 Å². The lowest BCUT2D eigenvalue weighted by Crippen LogP contribution is -2.44. The first-order valence-electron chi connectivity index (χ1n) is 6.94. The number of carboxylic acid groups (broad SMARTS) is 1. The summed E-state index contributed by atoms with van der Waals surface area (Å²) in [7, 11) is 3.83. The Balaban J connectivity index is 2.18. The van der Waals surface area contributed by atoms with E-state index in [9.17, 15) is 14.7 Å². The number of aromatic nitrogens is 1. The molecular weight excluding hydrogens is 322 g/mol. The Hall–Kier alpha value is -1.67. The van der Waals surface area contributed by atoms with Crippen LogP contribution in [0.25, 0.3) is 9.53 Å². The molecular formula is C14H19N3O3S2. The molecule has 0 aliphatic heterocycles. The Morgan fingerprint density at radius 2 is 2.09 bits per heavy atom. The number of nitrogens with zero attached hydrogens (tertiary/aromatic N) is 2. The standard InChI is InChI=1S/C14H19N3O3S2/c1-5-7(2)10(13(19)20)15-11(18)8-6-9-12(21-8)16-14(22-9)17(3)4/h6-7,10H,5H2,1-4H3,(H,15,18)(H,19,20)/t7-,10-/m0/s1. The Morgan fingerprint density at radius 3 is 2.59 bits per heavy atom. The van der Waals surface area contributed by atoms with Crippen LogP contribution in [0.1, 0.15) is 29.9 Å². The second kappa shape index (κ2) is 6.62. The van der Waals surface area contributed by atoms with Crippen LogP contribution >= 0.6 is 22.7 Å². The number of fused-ring (bicyclic) bond motifs is 1. The van der Waals surface area contributed by atoms with Gasteiger partial charge in [-0.3, -0.25) is 4.79 Å². The van der Waals surface area contributed by atoms with Crippen LogP contribution in [0.3, 0.4) is 0 Å². The highest BCUT2D eigenvalue weighted by atomic mass is 32.1. The summed E-state index contributed by atoms with van der Waals surface area (Å²) >= 11 is 2.79. The Bertz CT molecular complexity index is 661. The smallest absolute Gasteiger partial charge is 0.326 e. The average Bonchev–Trinajstić information content (AvgIpc) is 3.01. The first-order chi connectivity index (χ1) is 10.3. The van der Waals surface area contributed by atoms with Crippen molar-refractivity contribution in [1.29, 1.82) is 0 Å². The number of anilines is 1. The highest BCUT2D eigenvalue weighted by molar-refractivity contribution is 7.29. The molecule has 0 fully saturated rings. The maximum atomic E-state index is 12.3. The maximum Gasteiger partial charge on any atom is 0.326 e. The lowest BCUT2D eigenvalue weighted by molar-refractivity contribution is -0.140. The van der Waals surface area contributed by atoms with Gasteiger partial charge >= 0.3 is 5.97 Å². The van der Waals surface area contributed by atoms with Gasteiger partial charge in [-0.25, -0.2) is 9.78 Å². The molecule has 0 spiro atoms. The fourth-order valence-corrected chi connectivity index (χ4v) is 3.96. The van der Waals surface area contributed by atoms with Gasteiger partial charge in [-0.2, -0.15) is 0 Å². The molecule has 0 unspecified atom stereocenters. The van der Waals surface area contributed by atoms with Crippen LogP contribution in [-0.4, -0.2) is 42.1 Å². The molecule has 0 bridgehead atoms. The third-order valence-corrected chi connectivity index (χ3v) is 5.78. The van der Waals surface area contributed by atoms with Gasteiger partial charge in [-0.05, 0) is 12.0 Å². The van der Waals surface area contributed by atoms with Gasteiger partial charge in [0.1, 0.15) is 10.9 Å². The molecule has 2 aromatic rings. The Morgan fingerprint density at radius 1 is 1.41 bits per heavy atom. The molecule has 2 heterocycles. The Labute approximate surface area is 136 Å². The van der Waals surface area contributed by atoms with Crippen molar-refractivity contribution in [1.82, 2.24) is 10.3 Å². The fraction of sp³-hybridized carbons (Fsp3) is 0.500. The van der Waals surface area contributed by atoms with Crippen molar-refractivity contribution < 1.29 is 14.7 Å². The number of nitrogens with one attached hydrogen (secondary N) is 1. The van der Waals surface area contributed by atoms with Crippen LogP contribution in [0, 0.1) is 5.92 Å². The van der Waals surface area contributed by atoms with Gasteiger partial charge in [0, 0.05) is 14.1 Å². The monoisotopic (exact) mass is 341 g/mol. The molecule has 2 atom stereocenters.